The standard InChI is InChI=1S/C16H16BrN5OS/c1-24-16-19-8-13-14(20-16)21-4-2-3-11(21)9-22(15(13)23)12-5-10(17)6-18-7-12/h5-8,11H,2-4,9H2,1H3. The van der Waals surface area contributed by atoms with Gasteiger partial charge < -0.3 is 9.80 Å². The molecule has 0 bridgehead atoms. The van der Waals surface area contributed by atoms with E-state index >= 15 is 0 Å². The third-order valence-electron chi connectivity index (χ3n) is 4.45. The third-order valence-corrected chi connectivity index (χ3v) is 5.44. The van der Waals surface area contributed by atoms with Gasteiger partial charge in [-0.05, 0) is 41.1 Å². The number of nitrogens with zero attached hydrogens (tertiary/aromatic N) is 5. The first-order valence-electron chi connectivity index (χ1n) is 7.77. The van der Waals surface area contributed by atoms with Gasteiger partial charge in [0.15, 0.2) is 5.16 Å². The Morgan fingerprint density at radius 3 is 3.00 bits per heavy atom. The van der Waals surface area contributed by atoms with Crippen molar-refractivity contribution < 1.29 is 4.79 Å². The van der Waals surface area contributed by atoms with Crippen LogP contribution >= 0.6 is 27.7 Å². The van der Waals surface area contributed by atoms with Crippen molar-refractivity contribution in [3.63, 3.8) is 0 Å². The fraction of sp³-hybridized carbons (Fsp3) is 0.375. The van der Waals surface area contributed by atoms with Gasteiger partial charge >= 0.3 is 0 Å². The molecule has 124 valence electrons. The average molecular weight is 406 g/mol. The predicted molar refractivity (Wildman–Crippen MR) is 97.8 cm³/mol. The first-order valence-corrected chi connectivity index (χ1v) is 9.79. The second-order valence-electron chi connectivity index (χ2n) is 5.86. The fourth-order valence-corrected chi connectivity index (χ4v) is 4.03. The molecule has 2 aliphatic rings. The number of aromatic nitrogens is 3. The number of carbonyl (C=O) groups is 1. The number of pyridine rings is 1. The summed E-state index contributed by atoms with van der Waals surface area (Å²) >= 11 is 4.93. The fourth-order valence-electron chi connectivity index (χ4n) is 3.34. The largest absolute Gasteiger partial charge is 0.351 e. The normalized spacial score (nSPS) is 19.9. The number of thioether (sulfide) groups is 1. The minimum absolute atomic E-state index is 0.0630. The van der Waals surface area contributed by atoms with Crippen LogP contribution in [0.4, 0.5) is 11.5 Å². The van der Waals surface area contributed by atoms with Crippen LogP contribution in [0.15, 0.2) is 34.3 Å². The summed E-state index contributed by atoms with van der Waals surface area (Å²) in [6.45, 7) is 1.57. The molecule has 0 radical (unpaired) electrons. The second-order valence-corrected chi connectivity index (χ2v) is 7.55. The molecule has 2 aromatic rings. The molecule has 6 nitrogen and oxygen atoms in total. The van der Waals surface area contributed by atoms with Gasteiger partial charge in [-0.15, -0.1) is 0 Å². The van der Waals surface area contributed by atoms with E-state index in [0.29, 0.717) is 17.3 Å². The Morgan fingerprint density at radius 1 is 1.33 bits per heavy atom. The SMILES string of the molecule is CSc1ncc2c(n1)N1CCCC1CN(c1cncc(Br)c1)C2=O. The summed E-state index contributed by atoms with van der Waals surface area (Å²) in [7, 11) is 0. The minimum Gasteiger partial charge on any atom is -0.351 e. The lowest BCUT2D eigenvalue weighted by molar-refractivity contribution is 0.0988. The number of anilines is 2. The number of hydrogen-bond donors (Lipinski definition) is 0. The van der Waals surface area contributed by atoms with E-state index in [0.717, 1.165) is 35.4 Å². The molecule has 2 aromatic heterocycles. The van der Waals surface area contributed by atoms with E-state index < -0.39 is 0 Å². The van der Waals surface area contributed by atoms with Gasteiger partial charge in [-0.3, -0.25) is 9.78 Å². The number of carbonyl (C=O) groups excluding carboxylic acids is 1. The molecule has 1 amide bonds. The summed E-state index contributed by atoms with van der Waals surface area (Å²) in [5.41, 5.74) is 1.36. The van der Waals surface area contributed by atoms with Gasteiger partial charge in [0.1, 0.15) is 11.4 Å². The second kappa shape index (κ2) is 6.33. The van der Waals surface area contributed by atoms with Crippen molar-refractivity contribution in [3.8, 4) is 0 Å². The number of rotatable bonds is 2. The summed E-state index contributed by atoms with van der Waals surface area (Å²) in [6.07, 6.45) is 9.22. The number of fused-ring (bicyclic) bond motifs is 3. The molecule has 0 aromatic carbocycles. The lowest BCUT2D eigenvalue weighted by atomic mass is 10.2. The maximum atomic E-state index is 13.1. The van der Waals surface area contributed by atoms with Crippen LogP contribution in [0.3, 0.4) is 0 Å². The van der Waals surface area contributed by atoms with Crippen molar-refractivity contribution in [1.29, 1.82) is 0 Å². The first kappa shape index (κ1) is 15.8. The van der Waals surface area contributed by atoms with Crippen molar-refractivity contribution in [2.45, 2.75) is 24.0 Å². The Hall–Kier alpha value is -1.67. The van der Waals surface area contributed by atoms with E-state index in [-0.39, 0.29) is 11.9 Å². The number of halogens is 1. The molecule has 0 N–H and O–H groups in total. The Balaban J connectivity index is 1.83. The Kier molecular flexibility index (Phi) is 4.17. The van der Waals surface area contributed by atoms with Crippen LogP contribution in [-0.2, 0) is 0 Å². The van der Waals surface area contributed by atoms with E-state index in [9.17, 15) is 4.79 Å². The molecule has 4 heterocycles. The van der Waals surface area contributed by atoms with E-state index in [2.05, 4.69) is 35.8 Å². The highest BCUT2D eigenvalue weighted by molar-refractivity contribution is 9.10. The molecule has 0 spiro atoms. The summed E-state index contributed by atoms with van der Waals surface area (Å²) in [5, 5.41) is 0.699. The van der Waals surface area contributed by atoms with Gasteiger partial charge in [-0.25, -0.2) is 9.97 Å². The summed E-state index contributed by atoms with van der Waals surface area (Å²) in [5.74, 6) is 0.708. The van der Waals surface area contributed by atoms with Crippen LogP contribution in [0.1, 0.15) is 23.2 Å². The van der Waals surface area contributed by atoms with Crippen molar-refractivity contribution in [3.05, 3.63) is 34.7 Å². The van der Waals surface area contributed by atoms with Crippen molar-refractivity contribution in [2.75, 3.05) is 29.1 Å². The van der Waals surface area contributed by atoms with Gasteiger partial charge in [0, 0.05) is 36.0 Å². The van der Waals surface area contributed by atoms with E-state index in [1.54, 1.807) is 23.5 Å². The van der Waals surface area contributed by atoms with Crippen LogP contribution in [0, 0.1) is 0 Å². The van der Waals surface area contributed by atoms with Gasteiger partial charge in [0.05, 0.1) is 11.9 Å². The van der Waals surface area contributed by atoms with Crippen LogP contribution in [0.25, 0.3) is 0 Å². The predicted octanol–water partition coefficient (Wildman–Crippen LogP) is 2.99. The van der Waals surface area contributed by atoms with Gasteiger partial charge in [-0.2, -0.15) is 0 Å². The zero-order valence-electron chi connectivity index (χ0n) is 13.1. The van der Waals surface area contributed by atoms with E-state index in [4.69, 9.17) is 0 Å². The van der Waals surface area contributed by atoms with Gasteiger partial charge in [-0.1, -0.05) is 11.8 Å². The molecule has 0 saturated carbocycles. The maximum Gasteiger partial charge on any atom is 0.263 e. The lowest BCUT2D eigenvalue weighted by Gasteiger charge is -2.26. The zero-order chi connectivity index (χ0) is 16.7. The molecule has 2 aliphatic heterocycles. The van der Waals surface area contributed by atoms with Crippen molar-refractivity contribution in [2.24, 2.45) is 0 Å². The number of amides is 1. The molecule has 24 heavy (non-hydrogen) atoms. The van der Waals surface area contributed by atoms with Crippen molar-refractivity contribution in [1.82, 2.24) is 15.0 Å². The lowest BCUT2D eigenvalue weighted by Crippen LogP contribution is -2.39. The zero-order valence-corrected chi connectivity index (χ0v) is 15.5. The molecular weight excluding hydrogens is 390 g/mol. The molecule has 0 aliphatic carbocycles. The highest BCUT2D eigenvalue weighted by atomic mass is 79.9. The quantitative estimate of drug-likeness (QED) is 0.565. The molecule has 1 saturated heterocycles. The smallest absolute Gasteiger partial charge is 0.263 e. The topological polar surface area (TPSA) is 62.2 Å². The molecule has 8 heteroatoms. The Labute approximate surface area is 152 Å². The monoisotopic (exact) mass is 405 g/mol. The highest BCUT2D eigenvalue weighted by Gasteiger charge is 2.37. The highest BCUT2D eigenvalue weighted by Crippen LogP contribution is 2.34. The van der Waals surface area contributed by atoms with Crippen LogP contribution in [0.5, 0.6) is 0 Å². The molecule has 1 fully saturated rings. The average Bonchev–Trinajstić information content (AvgIpc) is 3.02. The van der Waals surface area contributed by atoms with Gasteiger partial charge in [0.25, 0.3) is 5.91 Å². The molecule has 1 unspecified atom stereocenters. The molecule has 4 rings (SSSR count). The van der Waals surface area contributed by atoms with E-state index in [1.807, 2.05) is 12.3 Å². The Bertz CT molecular complexity index is 802. The third kappa shape index (κ3) is 2.67. The van der Waals surface area contributed by atoms with Crippen LogP contribution in [-0.4, -0.2) is 46.2 Å². The number of hydrogen-bond acceptors (Lipinski definition) is 6. The summed E-state index contributed by atoms with van der Waals surface area (Å²) < 4.78 is 0.856. The molecular formula is C16H16BrN5OS. The van der Waals surface area contributed by atoms with E-state index in [1.165, 1.54) is 11.8 Å². The molecule has 1 atom stereocenters. The Morgan fingerprint density at radius 2 is 2.21 bits per heavy atom. The minimum atomic E-state index is -0.0630. The van der Waals surface area contributed by atoms with Crippen LogP contribution in [0.2, 0.25) is 0 Å². The van der Waals surface area contributed by atoms with Crippen molar-refractivity contribution >= 4 is 45.1 Å². The maximum absolute atomic E-state index is 13.1. The van der Waals surface area contributed by atoms with Gasteiger partial charge in [0.2, 0.25) is 0 Å². The summed E-state index contributed by atoms with van der Waals surface area (Å²) in [6, 6.07) is 2.20. The van der Waals surface area contributed by atoms with Crippen LogP contribution < -0.4 is 9.80 Å². The summed E-state index contributed by atoms with van der Waals surface area (Å²) in [4.78, 5) is 30.4. The first-order chi connectivity index (χ1) is 11.7.